The van der Waals surface area contributed by atoms with E-state index in [1.807, 2.05) is 0 Å². The Morgan fingerprint density at radius 3 is 2.11 bits per heavy atom. The molecule has 5 nitrogen and oxygen atoms in total. The van der Waals surface area contributed by atoms with Crippen molar-refractivity contribution in [2.24, 2.45) is 0 Å². The summed E-state index contributed by atoms with van der Waals surface area (Å²) in [5, 5.41) is 25.0. The summed E-state index contributed by atoms with van der Waals surface area (Å²) in [5.41, 5.74) is 1.20. The first kappa shape index (κ1) is 8.35. The van der Waals surface area contributed by atoms with Crippen LogP contribution >= 0.6 is 0 Å². The summed E-state index contributed by atoms with van der Waals surface area (Å²) in [6.07, 6.45) is -2.73. The van der Waals surface area contributed by atoms with Gasteiger partial charge in [0.25, 0.3) is 5.91 Å². The van der Waals surface area contributed by atoms with Gasteiger partial charge in [-0.3, -0.25) is 10.0 Å². The highest BCUT2D eigenvalue weighted by Crippen LogP contribution is 1.89. The van der Waals surface area contributed by atoms with Crippen molar-refractivity contribution in [2.75, 3.05) is 0 Å². The monoisotopic (exact) mass is 135 g/mol. The lowest BCUT2D eigenvalue weighted by molar-refractivity contribution is -0.143. The molecule has 0 heterocycles. The predicted octanol–water partition coefficient (Wildman–Crippen LogP) is -1.77. The lowest BCUT2D eigenvalue weighted by atomic mass is 10.2. The van der Waals surface area contributed by atoms with Gasteiger partial charge in [-0.2, -0.15) is 0 Å². The van der Waals surface area contributed by atoms with E-state index in [0.717, 1.165) is 0 Å². The van der Waals surface area contributed by atoms with Crippen LogP contribution in [0.3, 0.4) is 0 Å². The number of carbonyl (C=O) groups excluding carboxylic acids is 1. The Morgan fingerprint density at radius 1 is 1.56 bits per heavy atom. The van der Waals surface area contributed by atoms with Crippen LogP contribution in [0.1, 0.15) is 6.92 Å². The standard InChI is InChI=1S/C4H9NO4/c1-2(6)3(7)4(8)5-9/h2-3,6-7,9H,1H3,(H,5,8). The fraction of sp³-hybridized carbons (Fsp3) is 0.750. The third-order valence-corrected chi connectivity index (χ3v) is 0.836. The summed E-state index contributed by atoms with van der Waals surface area (Å²) in [6, 6.07) is 0. The molecule has 0 rings (SSSR count). The van der Waals surface area contributed by atoms with Crippen LogP contribution in [0.15, 0.2) is 0 Å². The van der Waals surface area contributed by atoms with Crippen molar-refractivity contribution in [3.8, 4) is 0 Å². The van der Waals surface area contributed by atoms with E-state index in [2.05, 4.69) is 0 Å². The van der Waals surface area contributed by atoms with Gasteiger partial charge in [0.1, 0.15) is 0 Å². The van der Waals surface area contributed by atoms with E-state index >= 15 is 0 Å². The Balaban J connectivity index is 3.72. The van der Waals surface area contributed by atoms with Crippen LogP contribution in [0, 0.1) is 0 Å². The fourth-order valence-electron chi connectivity index (χ4n) is 0.285. The molecule has 0 saturated heterocycles. The van der Waals surface area contributed by atoms with Crippen molar-refractivity contribution in [3.05, 3.63) is 0 Å². The van der Waals surface area contributed by atoms with Gasteiger partial charge in [0.15, 0.2) is 6.10 Å². The smallest absolute Gasteiger partial charge is 0.274 e. The number of aliphatic hydroxyl groups is 2. The predicted molar refractivity (Wildman–Crippen MR) is 27.6 cm³/mol. The van der Waals surface area contributed by atoms with Crippen molar-refractivity contribution >= 4 is 5.91 Å². The van der Waals surface area contributed by atoms with Gasteiger partial charge in [-0.25, -0.2) is 5.48 Å². The number of nitrogens with one attached hydrogen (secondary N) is 1. The fourth-order valence-corrected chi connectivity index (χ4v) is 0.285. The lowest BCUT2D eigenvalue weighted by Gasteiger charge is -2.09. The van der Waals surface area contributed by atoms with Crippen molar-refractivity contribution in [2.45, 2.75) is 19.1 Å². The molecular formula is C4H9NO4. The first-order chi connectivity index (χ1) is 4.09. The quantitative estimate of drug-likeness (QED) is 0.266. The van der Waals surface area contributed by atoms with Crippen molar-refractivity contribution in [3.63, 3.8) is 0 Å². The molecule has 54 valence electrons. The lowest BCUT2D eigenvalue weighted by Crippen LogP contribution is -2.39. The first-order valence-corrected chi connectivity index (χ1v) is 2.39. The first-order valence-electron chi connectivity index (χ1n) is 2.39. The largest absolute Gasteiger partial charge is 0.390 e. The van der Waals surface area contributed by atoms with Crippen LogP contribution in [-0.2, 0) is 4.79 Å². The van der Waals surface area contributed by atoms with Gasteiger partial charge < -0.3 is 10.2 Å². The Morgan fingerprint density at radius 2 is 2.00 bits per heavy atom. The second-order valence-electron chi connectivity index (χ2n) is 1.66. The van der Waals surface area contributed by atoms with E-state index in [9.17, 15) is 4.79 Å². The average Bonchev–Trinajstić information content (AvgIpc) is 1.84. The number of carbonyl (C=O) groups is 1. The van der Waals surface area contributed by atoms with Crippen molar-refractivity contribution < 1.29 is 20.2 Å². The maximum atomic E-state index is 10.2. The van der Waals surface area contributed by atoms with E-state index in [0.29, 0.717) is 0 Å². The second-order valence-corrected chi connectivity index (χ2v) is 1.66. The molecule has 9 heavy (non-hydrogen) atoms. The third-order valence-electron chi connectivity index (χ3n) is 0.836. The maximum absolute atomic E-state index is 10.2. The Hall–Kier alpha value is -0.650. The molecule has 0 bridgehead atoms. The maximum Gasteiger partial charge on any atom is 0.274 e. The van der Waals surface area contributed by atoms with E-state index in [1.165, 1.54) is 12.4 Å². The van der Waals surface area contributed by atoms with Gasteiger partial charge in [-0.15, -0.1) is 0 Å². The highest BCUT2D eigenvalue weighted by Gasteiger charge is 2.18. The van der Waals surface area contributed by atoms with Gasteiger partial charge in [-0.1, -0.05) is 0 Å². The number of amides is 1. The minimum absolute atomic E-state index is 1.01. The molecule has 4 N–H and O–H groups in total. The normalized spacial score (nSPS) is 16.4. The Bertz CT molecular complexity index is 103. The molecule has 0 aromatic heterocycles. The van der Waals surface area contributed by atoms with E-state index in [-0.39, 0.29) is 0 Å². The van der Waals surface area contributed by atoms with E-state index < -0.39 is 18.1 Å². The van der Waals surface area contributed by atoms with Crippen LogP contribution in [0.4, 0.5) is 0 Å². The van der Waals surface area contributed by atoms with Gasteiger partial charge >= 0.3 is 0 Å². The molecule has 0 aromatic carbocycles. The number of aliphatic hydroxyl groups excluding tert-OH is 2. The highest BCUT2D eigenvalue weighted by atomic mass is 16.5. The van der Waals surface area contributed by atoms with Crippen LogP contribution in [0.25, 0.3) is 0 Å². The number of rotatable bonds is 2. The molecule has 0 spiro atoms. The van der Waals surface area contributed by atoms with Crippen LogP contribution in [0.2, 0.25) is 0 Å². The molecule has 0 radical (unpaired) electrons. The van der Waals surface area contributed by atoms with Gasteiger partial charge in [0.2, 0.25) is 0 Å². The second kappa shape index (κ2) is 3.39. The molecule has 0 fully saturated rings. The molecule has 0 aliphatic rings. The van der Waals surface area contributed by atoms with Crippen molar-refractivity contribution in [1.82, 2.24) is 5.48 Å². The minimum atomic E-state index is -1.56. The molecule has 0 saturated carbocycles. The summed E-state index contributed by atoms with van der Waals surface area (Å²) >= 11 is 0. The summed E-state index contributed by atoms with van der Waals surface area (Å²) in [5.74, 6) is -1.01. The molecular weight excluding hydrogens is 126 g/mol. The minimum Gasteiger partial charge on any atom is -0.390 e. The molecule has 0 aliphatic carbocycles. The zero-order chi connectivity index (χ0) is 7.44. The summed E-state index contributed by atoms with van der Waals surface area (Å²) in [4.78, 5) is 10.2. The summed E-state index contributed by atoms with van der Waals surface area (Å²) in [7, 11) is 0. The number of hydroxylamine groups is 1. The third kappa shape index (κ3) is 2.41. The molecule has 0 aromatic rings. The van der Waals surface area contributed by atoms with E-state index in [1.54, 1.807) is 0 Å². The Kier molecular flexibility index (Phi) is 3.15. The number of hydrogen-bond donors (Lipinski definition) is 4. The zero-order valence-corrected chi connectivity index (χ0v) is 4.90. The molecule has 2 atom stereocenters. The van der Waals surface area contributed by atoms with Crippen LogP contribution in [-0.4, -0.2) is 33.5 Å². The molecule has 2 unspecified atom stereocenters. The van der Waals surface area contributed by atoms with Gasteiger partial charge in [0.05, 0.1) is 6.10 Å². The van der Waals surface area contributed by atoms with E-state index in [4.69, 9.17) is 15.4 Å². The van der Waals surface area contributed by atoms with Crippen LogP contribution < -0.4 is 5.48 Å². The molecule has 1 amide bonds. The average molecular weight is 135 g/mol. The van der Waals surface area contributed by atoms with Crippen LogP contribution in [0.5, 0.6) is 0 Å². The summed E-state index contributed by atoms with van der Waals surface area (Å²) < 4.78 is 0. The SMILES string of the molecule is CC(O)C(O)C(=O)NO. The van der Waals surface area contributed by atoms with Gasteiger partial charge in [-0.05, 0) is 6.92 Å². The van der Waals surface area contributed by atoms with Crippen molar-refractivity contribution in [1.29, 1.82) is 0 Å². The highest BCUT2D eigenvalue weighted by molar-refractivity contribution is 5.79. The zero-order valence-electron chi connectivity index (χ0n) is 4.90. The topological polar surface area (TPSA) is 89.8 Å². The number of hydrogen-bond acceptors (Lipinski definition) is 4. The molecule has 5 heteroatoms. The molecule has 0 aliphatic heterocycles. The Labute approximate surface area is 51.9 Å². The van der Waals surface area contributed by atoms with Gasteiger partial charge in [0, 0.05) is 0 Å². The summed E-state index contributed by atoms with van der Waals surface area (Å²) in [6.45, 7) is 1.24.